The maximum atomic E-state index is 12.9. The van der Waals surface area contributed by atoms with Gasteiger partial charge in [-0.05, 0) is 57.3 Å². The number of hydrogen-bond acceptors (Lipinski definition) is 3. The van der Waals surface area contributed by atoms with Crippen LogP contribution in [0.1, 0.15) is 49.1 Å². The van der Waals surface area contributed by atoms with Crippen molar-refractivity contribution in [3.8, 4) is 0 Å². The van der Waals surface area contributed by atoms with Gasteiger partial charge < -0.3 is 4.98 Å². The minimum absolute atomic E-state index is 0.0880. The Morgan fingerprint density at radius 3 is 2.65 bits per heavy atom. The zero-order valence-corrected chi connectivity index (χ0v) is 13.8. The van der Waals surface area contributed by atoms with E-state index in [1.54, 1.807) is 11.3 Å². The van der Waals surface area contributed by atoms with Crippen LogP contribution in [0.2, 0.25) is 0 Å². The van der Waals surface area contributed by atoms with Crippen LogP contribution in [0, 0.1) is 24.5 Å². The van der Waals surface area contributed by atoms with E-state index in [0.717, 1.165) is 15.8 Å². The SMILES string of the molecule is Cc1sc2[nH]c(=S)n(C(C)C3CCCC3)c(=O)c2c1C. The second-order valence-electron chi connectivity index (χ2n) is 5.88. The van der Waals surface area contributed by atoms with E-state index >= 15 is 0 Å². The summed E-state index contributed by atoms with van der Waals surface area (Å²) in [6.07, 6.45) is 4.97. The molecule has 108 valence electrons. The van der Waals surface area contributed by atoms with Crippen molar-refractivity contribution in [2.75, 3.05) is 0 Å². The third-order valence-electron chi connectivity index (χ3n) is 4.75. The second kappa shape index (κ2) is 5.11. The van der Waals surface area contributed by atoms with E-state index in [1.165, 1.54) is 30.6 Å². The van der Waals surface area contributed by atoms with Gasteiger partial charge >= 0.3 is 0 Å². The van der Waals surface area contributed by atoms with E-state index in [9.17, 15) is 4.79 Å². The molecule has 0 radical (unpaired) electrons. The molecule has 1 saturated carbocycles. The standard InChI is InChI=1S/C15H20N2OS2/c1-8-10(3)20-13-12(8)14(18)17(15(19)16-13)9(2)11-6-4-5-7-11/h9,11H,4-7H2,1-3H3,(H,16,19). The fourth-order valence-corrected chi connectivity index (χ4v) is 4.83. The molecule has 1 N–H and O–H groups in total. The van der Waals surface area contributed by atoms with Crippen LogP contribution in [0.5, 0.6) is 0 Å². The Kier molecular flexibility index (Phi) is 3.58. The number of aryl methyl sites for hydroxylation is 2. The quantitative estimate of drug-likeness (QED) is 0.830. The molecule has 0 amide bonds. The Morgan fingerprint density at radius 1 is 1.35 bits per heavy atom. The summed E-state index contributed by atoms with van der Waals surface area (Å²) in [5, 5.41) is 0.825. The molecule has 5 heteroatoms. The molecule has 1 atom stereocenters. The number of aromatic nitrogens is 2. The van der Waals surface area contributed by atoms with E-state index in [-0.39, 0.29) is 11.6 Å². The molecule has 2 aromatic heterocycles. The Bertz CT molecular complexity index is 762. The summed E-state index contributed by atoms with van der Waals surface area (Å²) in [5.41, 5.74) is 1.18. The van der Waals surface area contributed by atoms with Crippen LogP contribution in [0.3, 0.4) is 0 Å². The summed E-state index contributed by atoms with van der Waals surface area (Å²) < 4.78 is 2.38. The lowest BCUT2D eigenvalue weighted by Crippen LogP contribution is -2.28. The van der Waals surface area contributed by atoms with Gasteiger partial charge in [0.15, 0.2) is 4.77 Å². The third-order valence-corrected chi connectivity index (χ3v) is 6.17. The molecular weight excluding hydrogens is 288 g/mol. The van der Waals surface area contributed by atoms with Crippen LogP contribution in [-0.4, -0.2) is 9.55 Å². The normalized spacial score (nSPS) is 17.9. The summed E-state index contributed by atoms with van der Waals surface area (Å²) in [5.74, 6) is 0.584. The van der Waals surface area contributed by atoms with Gasteiger partial charge in [-0.2, -0.15) is 0 Å². The predicted molar refractivity (Wildman–Crippen MR) is 87.4 cm³/mol. The third kappa shape index (κ3) is 2.07. The molecule has 2 aromatic rings. The zero-order valence-electron chi connectivity index (χ0n) is 12.2. The van der Waals surface area contributed by atoms with Crippen molar-refractivity contribution >= 4 is 33.8 Å². The van der Waals surface area contributed by atoms with Gasteiger partial charge in [0, 0.05) is 10.9 Å². The smallest absolute Gasteiger partial charge is 0.263 e. The lowest BCUT2D eigenvalue weighted by Gasteiger charge is -2.21. The lowest BCUT2D eigenvalue weighted by atomic mass is 9.99. The fraction of sp³-hybridized carbons (Fsp3) is 0.600. The Hall–Kier alpha value is -0.940. The van der Waals surface area contributed by atoms with Gasteiger partial charge in [-0.3, -0.25) is 9.36 Å². The van der Waals surface area contributed by atoms with Crippen LogP contribution < -0.4 is 5.56 Å². The molecule has 0 aliphatic heterocycles. The van der Waals surface area contributed by atoms with Gasteiger partial charge in [-0.1, -0.05) is 12.8 Å². The van der Waals surface area contributed by atoms with Gasteiger partial charge in [0.1, 0.15) is 4.83 Å². The van der Waals surface area contributed by atoms with E-state index in [4.69, 9.17) is 12.2 Å². The van der Waals surface area contributed by atoms with Crippen LogP contribution in [0.4, 0.5) is 0 Å². The number of nitrogens with zero attached hydrogens (tertiary/aromatic N) is 1. The van der Waals surface area contributed by atoms with E-state index in [0.29, 0.717) is 10.7 Å². The Labute approximate surface area is 127 Å². The highest BCUT2D eigenvalue weighted by molar-refractivity contribution is 7.71. The molecule has 3 nitrogen and oxygen atoms in total. The monoisotopic (exact) mass is 308 g/mol. The minimum atomic E-state index is 0.0880. The number of aromatic amines is 1. The first kappa shape index (κ1) is 14.0. The first-order chi connectivity index (χ1) is 9.50. The molecule has 1 aliphatic carbocycles. The van der Waals surface area contributed by atoms with E-state index < -0.39 is 0 Å². The summed E-state index contributed by atoms with van der Waals surface area (Å²) in [4.78, 5) is 18.2. The lowest BCUT2D eigenvalue weighted by molar-refractivity contribution is 0.348. The first-order valence-electron chi connectivity index (χ1n) is 7.25. The van der Waals surface area contributed by atoms with Gasteiger partial charge in [0.25, 0.3) is 5.56 Å². The van der Waals surface area contributed by atoms with Crippen molar-refractivity contribution in [1.82, 2.24) is 9.55 Å². The largest absolute Gasteiger partial charge is 0.323 e. The van der Waals surface area contributed by atoms with Crippen LogP contribution in [-0.2, 0) is 0 Å². The van der Waals surface area contributed by atoms with Crippen LogP contribution in [0.25, 0.3) is 10.2 Å². The highest BCUT2D eigenvalue weighted by Gasteiger charge is 2.25. The zero-order chi connectivity index (χ0) is 14.4. The van der Waals surface area contributed by atoms with Crippen molar-refractivity contribution in [2.45, 2.75) is 52.5 Å². The highest BCUT2D eigenvalue weighted by Crippen LogP contribution is 2.34. The first-order valence-corrected chi connectivity index (χ1v) is 8.47. The summed E-state index contributed by atoms with van der Waals surface area (Å²) in [6, 6.07) is 0.192. The second-order valence-corrected chi connectivity index (χ2v) is 7.49. The summed E-state index contributed by atoms with van der Waals surface area (Å²) in [6.45, 7) is 6.22. The number of H-pyrrole nitrogens is 1. The van der Waals surface area contributed by atoms with Gasteiger partial charge in [0.2, 0.25) is 0 Å². The predicted octanol–water partition coefficient (Wildman–Crippen LogP) is 4.49. The van der Waals surface area contributed by atoms with Crippen LogP contribution in [0.15, 0.2) is 4.79 Å². The molecular formula is C15H20N2OS2. The molecule has 1 unspecified atom stereocenters. The van der Waals surface area contributed by atoms with Crippen LogP contribution >= 0.6 is 23.6 Å². The van der Waals surface area contributed by atoms with E-state index in [2.05, 4.69) is 18.8 Å². The van der Waals surface area contributed by atoms with Crippen molar-refractivity contribution in [3.05, 3.63) is 25.6 Å². The molecule has 0 saturated heterocycles. The number of fused-ring (bicyclic) bond motifs is 1. The average Bonchev–Trinajstić information content (AvgIpc) is 2.99. The average molecular weight is 308 g/mol. The molecule has 1 fully saturated rings. The van der Waals surface area contributed by atoms with Crippen molar-refractivity contribution in [2.24, 2.45) is 5.92 Å². The molecule has 0 bridgehead atoms. The van der Waals surface area contributed by atoms with Gasteiger partial charge in [0.05, 0.1) is 5.39 Å². The van der Waals surface area contributed by atoms with Crippen molar-refractivity contribution in [1.29, 1.82) is 0 Å². The molecule has 0 aromatic carbocycles. The van der Waals surface area contributed by atoms with E-state index in [1.807, 2.05) is 11.5 Å². The van der Waals surface area contributed by atoms with Crippen molar-refractivity contribution in [3.63, 3.8) is 0 Å². The summed E-state index contributed by atoms with van der Waals surface area (Å²) >= 11 is 7.07. The minimum Gasteiger partial charge on any atom is -0.323 e. The maximum absolute atomic E-state index is 12.9. The topological polar surface area (TPSA) is 37.8 Å². The summed E-state index contributed by atoms with van der Waals surface area (Å²) in [7, 11) is 0. The number of rotatable bonds is 2. The number of thiophene rings is 1. The molecule has 20 heavy (non-hydrogen) atoms. The highest BCUT2D eigenvalue weighted by atomic mass is 32.1. The van der Waals surface area contributed by atoms with Gasteiger partial charge in [-0.15, -0.1) is 11.3 Å². The maximum Gasteiger partial charge on any atom is 0.263 e. The van der Waals surface area contributed by atoms with Gasteiger partial charge in [-0.25, -0.2) is 0 Å². The molecule has 3 rings (SSSR count). The number of nitrogens with one attached hydrogen (secondary N) is 1. The Balaban J connectivity index is 2.22. The fourth-order valence-electron chi connectivity index (χ4n) is 3.36. The Morgan fingerprint density at radius 2 is 2.00 bits per heavy atom. The number of hydrogen-bond donors (Lipinski definition) is 1. The molecule has 1 aliphatic rings. The molecule has 2 heterocycles. The van der Waals surface area contributed by atoms with Crippen molar-refractivity contribution < 1.29 is 0 Å². The molecule has 0 spiro atoms.